The van der Waals surface area contributed by atoms with Gasteiger partial charge in [0.05, 0.1) is 15.5 Å². The van der Waals surface area contributed by atoms with E-state index < -0.39 is 10.0 Å². The average Bonchev–Trinajstić information content (AvgIpc) is 2.60. The Morgan fingerprint density at radius 2 is 2.12 bits per heavy atom. The van der Waals surface area contributed by atoms with Crippen molar-refractivity contribution in [3.63, 3.8) is 0 Å². The topological polar surface area (TPSA) is 78.5 Å². The number of halogens is 1. The van der Waals surface area contributed by atoms with E-state index in [-0.39, 0.29) is 21.4 Å². The van der Waals surface area contributed by atoms with Gasteiger partial charge in [0.1, 0.15) is 0 Å². The number of piperidine rings is 1. The predicted octanol–water partition coefficient (Wildman–Crippen LogP) is 2.24. The van der Waals surface area contributed by atoms with E-state index in [9.17, 15) is 13.2 Å². The summed E-state index contributed by atoms with van der Waals surface area (Å²) in [5, 5.41) is 3.06. The van der Waals surface area contributed by atoms with Crippen molar-refractivity contribution in [2.24, 2.45) is 0 Å². The van der Waals surface area contributed by atoms with Crippen LogP contribution in [-0.4, -0.2) is 51.9 Å². The number of hydrogen-bond acceptors (Lipinski definition) is 4. The van der Waals surface area contributed by atoms with Crippen LogP contribution in [0, 0.1) is 0 Å². The summed E-state index contributed by atoms with van der Waals surface area (Å²) in [5.41, 5.74) is 0.171. The van der Waals surface area contributed by atoms with Crippen LogP contribution in [-0.2, 0) is 10.0 Å². The molecule has 2 N–H and O–H groups in total. The van der Waals surface area contributed by atoms with Crippen molar-refractivity contribution in [1.29, 1.82) is 0 Å². The van der Waals surface area contributed by atoms with Crippen molar-refractivity contribution in [1.82, 2.24) is 14.9 Å². The van der Waals surface area contributed by atoms with Crippen molar-refractivity contribution in [3.8, 4) is 0 Å². The van der Waals surface area contributed by atoms with Gasteiger partial charge in [-0.1, -0.05) is 18.0 Å². The van der Waals surface area contributed by atoms with E-state index in [0.29, 0.717) is 12.6 Å². The summed E-state index contributed by atoms with van der Waals surface area (Å²) >= 11 is 6.05. The van der Waals surface area contributed by atoms with Crippen molar-refractivity contribution < 1.29 is 13.2 Å². The Kier molecular flexibility index (Phi) is 7.25. The molecule has 1 amide bonds. The second-order valence-electron chi connectivity index (χ2n) is 6.34. The van der Waals surface area contributed by atoms with Crippen molar-refractivity contribution in [2.75, 3.05) is 26.7 Å². The highest BCUT2D eigenvalue weighted by atomic mass is 35.5. The van der Waals surface area contributed by atoms with Crippen LogP contribution in [0.3, 0.4) is 0 Å². The van der Waals surface area contributed by atoms with Crippen molar-refractivity contribution in [2.45, 2.75) is 43.5 Å². The van der Waals surface area contributed by atoms with Gasteiger partial charge in [-0.05, 0) is 58.0 Å². The number of amides is 1. The molecule has 0 radical (unpaired) electrons. The van der Waals surface area contributed by atoms with E-state index >= 15 is 0 Å². The minimum absolute atomic E-state index is 0.0201. The van der Waals surface area contributed by atoms with Gasteiger partial charge in [0, 0.05) is 19.1 Å². The van der Waals surface area contributed by atoms with Gasteiger partial charge >= 0.3 is 0 Å². The lowest BCUT2D eigenvalue weighted by molar-refractivity contribution is 0.0949. The number of nitrogens with one attached hydrogen (secondary N) is 2. The van der Waals surface area contributed by atoms with Gasteiger partial charge < -0.3 is 10.2 Å². The highest BCUT2D eigenvalue weighted by molar-refractivity contribution is 7.89. The molecule has 1 aliphatic rings. The number of likely N-dealkylation sites (tertiary alicyclic amines) is 1. The predicted molar refractivity (Wildman–Crippen MR) is 99.5 cm³/mol. The Morgan fingerprint density at radius 3 is 2.80 bits per heavy atom. The first-order chi connectivity index (χ1) is 11.8. The SMILES string of the molecule is CNS(=O)(=O)c1ccc(Cl)c(C(=O)NCCCN2CCCCC2C)c1. The van der Waals surface area contributed by atoms with Gasteiger partial charge in [-0.3, -0.25) is 4.79 Å². The first kappa shape index (κ1) is 20.2. The van der Waals surface area contributed by atoms with E-state index in [4.69, 9.17) is 11.6 Å². The largest absolute Gasteiger partial charge is 0.352 e. The molecule has 1 fully saturated rings. The lowest BCUT2D eigenvalue weighted by Crippen LogP contribution is -2.39. The Labute approximate surface area is 155 Å². The summed E-state index contributed by atoms with van der Waals surface area (Å²) in [6.45, 7) is 4.83. The highest BCUT2D eigenvalue weighted by Gasteiger charge is 2.19. The van der Waals surface area contributed by atoms with Crippen LogP contribution < -0.4 is 10.0 Å². The maximum atomic E-state index is 12.3. The quantitative estimate of drug-likeness (QED) is 0.703. The van der Waals surface area contributed by atoms with Gasteiger partial charge in [0.25, 0.3) is 5.91 Å². The van der Waals surface area contributed by atoms with Crippen LogP contribution in [0.2, 0.25) is 5.02 Å². The summed E-state index contributed by atoms with van der Waals surface area (Å²) in [5.74, 6) is -0.357. The third-order valence-corrected chi connectivity index (χ3v) is 6.35. The molecular formula is C17H26ClN3O3S. The molecule has 0 saturated carbocycles. The standard InChI is InChI=1S/C17H26ClN3O3S/c1-13-6-3-4-10-21(13)11-5-9-20-17(22)15-12-14(7-8-16(15)18)25(23,24)19-2/h7-8,12-13,19H,3-6,9-11H2,1-2H3,(H,20,22). The number of nitrogens with zero attached hydrogens (tertiary/aromatic N) is 1. The Hall–Kier alpha value is -1.15. The number of rotatable bonds is 7. The highest BCUT2D eigenvalue weighted by Crippen LogP contribution is 2.20. The van der Waals surface area contributed by atoms with E-state index in [2.05, 4.69) is 21.9 Å². The minimum atomic E-state index is -3.61. The zero-order valence-electron chi connectivity index (χ0n) is 14.7. The Bertz CT molecular complexity index is 709. The Morgan fingerprint density at radius 1 is 1.36 bits per heavy atom. The number of carbonyl (C=O) groups is 1. The fourth-order valence-corrected chi connectivity index (χ4v) is 3.99. The second kappa shape index (κ2) is 8.98. The van der Waals surface area contributed by atoms with Crippen LogP contribution in [0.25, 0.3) is 0 Å². The molecule has 1 aliphatic heterocycles. The molecule has 6 nitrogen and oxygen atoms in total. The zero-order chi connectivity index (χ0) is 18.4. The molecule has 1 aromatic rings. The van der Waals surface area contributed by atoms with Crippen LogP contribution in [0.4, 0.5) is 0 Å². The minimum Gasteiger partial charge on any atom is -0.352 e. The number of carbonyl (C=O) groups excluding carboxylic acids is 1. The monoisotopic (exact) mass is 387 g/mol. The molecule has 1 atom stereocenters. The smallest absolute Gasteiger partial charge is 0.252 e. The third-order valence-electron chi connectivity index (χ3n) is 4.61. The third kappa shape index (κ3) is 5.41. The second-order valence-corrected chi connectivity index (χ2v) is 8.63. The van der Waals surface area contributed by atoms with Crippen molar-refractivity contribution >= 4 is 27.5 Å². The molecule has 0 spiro atoms. The molecule has 0 aromatic heterocycles. The molecule has 0 bridgehead atoms. The molecule has 1 aromatic carbocycles. The van der Waals surface area contributed by atoms with Crippen LogP contribution in [0.1, 0.15) is 43.0 Å². The summed E-state index contributed by atoms with van der Waals surface area (Å²) < 4.78 is 26.0. The number of hydrogen-bond donors (Lipinski definition) is 2. The summed E-state index contributed by atoms with van der Waals surface area (Å²) in [6.07, 6.45) is 4.61. The number of benzene rings is 1. The van der Waals surface area contributed by atoms with Crippen molar-refractivity contribution in [3.05, 3.63) is 28.8 Å². The first-order valence-electron chi connectivity index (χ1n) is 8.60. The summed E-state index contributed by atoms with van der Waals surface area (Å²) in [7, 11) is -2.29. The molecule has 1 heterocycles. The molecule has 2 rings (SSSR count). The van der Waals surface area contributed by atoms with Crippen LogP contribution in [0.5, 0.6) is 0 Å². The fourth-order valence-electron chi connectivity index (χ4n) is 3.03. The van der Waals surface area contributed by atoms with Crippen LogP contribution >= 0.6 is 11.6 Å². The summed E-state index contributed by atoms with van der Waals surface area (Å²) in [4.78, 5) is 14.8. The van der Waals surface area contributed by atoms with E-state index in [0.717, 1.165) is 19.5 Å². The van der Waals surface area contributed by atoms with Gasteiger partial charge in [-0.25, -0.2) is 13.1 Å². The van der Waals surface area contributed by atoms with Gasteiger partial charge in [-0.2, -0.15) is 0 Å². The molecule has 0 aliphatic carbocycles. The maximum absolute atomic E-state index is 12.3. The fraction of sp³-hybridized carbons (Fsp3) is 0.588. The molecular weight excluding hydrogens is 362 g/mol. The average molecular weight is 388 g/mol. The molecule has 8 heteroatoms. The molecule has 1 saturated heterocycles. The van der Waals surface area contributed by atoms with Crippen LogP contribution in [0.15, 0.2) is 23.1 Å². The lowest BCUT2D eigenvalue weighted by atomic mass is 10.0. The van der Waals surface area contributed by atoms with Gasteiger partial charge in [0.2, 0.25) is 10.0 Å². The molecule has 25 heavy (non-hydrogen) atoms. The Balaban J connectivity index is 1.91. The molecule has 1 unspecified atom stereocenters. The number of sulfonamides is 1. The van der Waals surface area contributed by atoms with E-state index in [1.165, 1.54) is 44.5 Å². The van der Waals surface area contributed by atoms with E-state index in [1.54, 1.807) is 0 Å². The lowest BCUT2D eigenvalue weighted by Gasteiger charge is -2.33. The molecule has 140 valence electrons. The first-order valence-corrected chi connectivity index (χ1v) is 10.5. The zero-order valence-corrected chi connectivity index (χ0v) is 16.3. The van der Waals surface area contributed by atoms with E-state index in [1.807, 2.05) is 0 Å². The van der Waals surface area contributed by atoms with Gasteiger partial charge in [-0.15, -0.1) is 0 Å². The summed E-state index contributed by atoms with van der Waals surface area (Å²) in [6, 6.07) is 4.71. The van der Waals surface area contributed by atoms with Gasteiger partial charge in [0.15, 0.2) is 0 Å². The normalized spacial score (nSPS) is 18.9. The maximum Gasteiger partial charge on any atom is 0.252 e.